The maximum atomic E-state index is 11.8. The number of hydrogen-bond acceptors (Lipinski definition) is 4. The number of aromatic nitrogens is 1. The van der Waals surface area contributed by atoms with Crippen molar-refractivity contribution in [2.24, 2.45) is 0 Å². The Kier molecular flexibility index (Phi) is 5.30. The van der Waals surface area contributed by atoms with Gasteiger partial charge in [-0.05, 0) is 38.0 Å². The number of carbonyl (C=O) groups excluding carboxylic acids is 1. The first-order valence-electron chi connectivity index (χ1n) is 7.09. The highest BCUT2D eigenvalue weighted by molar-refractivity contribution is 5.91. The van der Waals surface area contributed by atoms with E-state index in [1.807, 2.05) is 19.1 Å². The van der Waals surface area contributed by atoms with Crippen LogP contribution in [-0.2, 0) is 9.59 Å². The summed E-state index contributed by atoms with van der Waals surface area (Å²) in [5, 5.41) is 11.3. The molecule has 0 unspecified atom stereocenters. The Morgan fingerprint density at radius 3 is 2.73 bits per heavy atom. The number of nitrogens with zero attached hydrogens (tertiary/aromatic N) is 1. The number of carboxylic acids is 1. The van der Waals surface area contributed by atoms with Gasteiger partial charge in [0.1, 0.15) is 6.26 Å². The molecular formula is C16H18N2O4. The molecule has 0 atom stereocenters. The Balaban J connectivity index is 1.90. The maximum absolute atomic E-state index is 11.8. The van der Waals surface area contributed by atoms with Gasteiger partial charge in [0.05, 0.1) is 5.69 Å². The summed E-state index contributed by atoms with van der Waals surface area (Å²) in [4.78, 5) is 26.4. The van der Waals surface area contributed by atoms with Crippen molar-refractivity contribution >= 4 is 17.6 Å². The van der Waals surface area contributed by atoms with Gasteiger partial charge in [-0.2, -0.15) is 0 Å². The van der Waals surface area contributed by atoms with E-state index in [-0.39, 0.29) is 12.3 Å². The number of carboxylic acid groups (broad SMARTS) is 1. The number of benzene rings is 1. The lowest BCUT2D eigenvalue weighted by Crippen LogP contribution is -2.11. The second-order valence-electron chi connectivity index (χ2n) is 5.02. The molecule has 0 aliphatic rings. The van der Waals surface area contributed by atoms with E-state index in [0.717, 1.165) is 11.3 Å². The Morgan fingerprint density at radius 2 is 2.05 bits per heavy atom. The summed E-state index contributed by atoms with van der Waals surface area (Å²) in [6.07, 6.45) is 3.01. The van der Waals surface area contributed by atoms with Gasteiger partial charge in [-0.15, -0.1) is 0 Å². The molecule has 0 spiro atoms. The standard InChI is InChI=1S/C16H18N2O4/c1-11-10-22-16(17-11)12-5-4-6-13(9-12)18-14(19)7-2-3-8-15(20)21/h4-6,9-10H,2-3,7-8H2,1H3,(H,18,19)(H,20,21). The van der Waals surface area contributed by atoms with Crippen LogP contribution in [0.1, 0.15) is 31.4 Å². The van der Waals surface area contributed by atoms with Crippen molar-refractivity contribution in [1.29, 1.82) is 0 Å². The van der Waals surface area contributed by atoms with E-state index in [1.165, 1.54) is 0 Å². The summed E-state index contributed by atoms with van der Waals surface area (Å²) < 4.78 is 5.33. The SMILES string of the molecule is Cc1coc(-c2cccc(NC(=O)CCCCC(=O)O)c2)n1. The molecule has 116 valence electrons. The lowest BCUT2D eigenvalue weighted by atomic mass is 10.1. The lowest BCUT2D eigenvalue weighted by molar-refractivity contribution is -0.137. The van der Waals surface area contributed by atoms with E-state index in [4.69, 9.17) is 9.52 Å². The van der Waals surface area contributed by atoms with Crippen LogP contribution in [0.3, 0.4) is 0 Å². The summed E-state index contributed by atoms with van der Waals surface area (Å²) in [5.41, 5.74) is 2.25. The predicted octanol–water partition coefficient (Wildman–Crippen LogP) is 3.23. The molecule has 2 rings (SSSR count). The van der Waals surface area contributed by atoms with Crippen LogP contribution in [0.25, 0.3) is 11.5 Å². The zero-order chi connectivity index (χ0) is 15.9. The minimum Gasteiger partial charge on any atom is -0.481 e. The third kappa shape index (κ3) is 4.73. The molecule has 2 N–H and O–H groups in total. The van der Waals surface area contributed by atoms with E-state index in [9.17, 15) is 9.59 Å². The summed E-state index contributed by atoms with van der Waals surface area (Å²) in [6, 6.07) is 7.25. The molecule has 22 heavy (non-hydrogen) atoms. The summed E-state index contributed by atoms with van der Waals surface area (Å²) in [6.45, 7) is 1.84. The summed E-state index contributed by atoms with van der Waals surface area (Å²) in [5.74, 6) is -0.462. The molecule has 0 aliphatic carbocycles. The molecule has 6 nitrogen and oxygen atoms in total. The Labute approximate surface area is 128 Å². The Morgan fingerprint density at radius 1 is 1.27 bits per heavy atom. The number of carbonyl (C=O) groups is 2. The third-order valence-corrected chi connectivity index (χ3v) is 3.06. The molecule has 6 heteroatoms. The molecule has 0 saturated carbocycles. The monoisotopic (exact) mass is 302 g/mol. The molecule has 1 amide bonds. The molecular weight excluding hydrogens is 284 g/mol. The number of rotatable bonds is 7. The molecule has 1 aromatic heterocycles. The van der Waals surface area contributed by atoms with Gasteiger partial charge in [0.2, 0.25) is 11.8 Å². The molecule has 1 aromatic carbocycles. The van der Waals surface area contributed by atoms with Crippen LogP contribution in [0.5, 0.6) is 0 Å². The fraction of sp³-hybridized carbons (Fsp3) is 0.312. The molecule has 1 heterocycles. The normalized spacial score (nSPS) is 10.4. The lowest BCUT2D eigenvalue weighted by Gasteiger charge is -2.06. The van der Waals surface area contributed by atoms with Gasteiger partial charge < -0.3 is 14.8 Å². The van der Waals surface area contributed by atoms with Crippen molar-refractivity contribution in [2.75, 3.05) is 5.32 Å². The first kappa shape index (κ1) is 15.8. The van der Waals surface area contributed by atoms with Crippen molar-refractivity contribution in [3.05, 3.63) is 36.2 Å². The Bertz CT molecular complexity index is 664. The molecule has 2 aromatic rings. The smallest absolute Gasteiger partial charge is 0.303 e. The topological polar surface area (TPSA) is 92.4 Å². The largest absolute Gasteiger partial charge is 0.481 e. The van der Waals surface area contributed by atoms with Gasteiger partial charge in [-0.25, -0.2) is 4.98 Å². The predicted molar refractivity (Wildman–Crippen MR) is 81.4 cm³/mol. The Hall–Kier alpha value is -2.63. The highest BCUT2D eigenvalue weighted by Gasteiger charge is 2.07. The van der Waals surface area contributed by atoms with Crippen molar-refractivity contribution < 1.29 is 19.1 Å². The van der Waals surface area contributed by atoms with Gasteiger partial charge in [0, 0.05) is 24.1 Å². The van der Waals surface area contributed by atoms with Crippen LogP contribution >= 0.6 is 0 Å². The number of unbranched alkanes of at least 4 members (excludes halogenated alkanes) is 1. The minimum atomic E-state index is -0.839. The number of oxazole rings is 1. The second kappa shape index (κ2) is 7.40. The quantitative estimate of drug-likeness (QED) is 0.766. The van der Waals surface area contributed by atoms with Crippen molar-refractivity contribution in [3.63, 3.8) is 0 Å². The van der Waals surface area contributed by atoms with Crippen LogP contribution in [0, 0.1) is 6.92 Å². The number of aryl methyl sites for hydroxylation is 1. The van der Waals surface area contributed by atoms with E-state index >= 15 is 0 Å². The van der Waals surface area contributed by atoms with Crippen molar-refractivity contribution in [2.45, 2.75) is 32.6 Å². The molecule has 0 aliphatic heterocycles. The maximum Gasteiger partial charge on any atom is 0.303 e. The summed E-state index contributed by atoms with van der Waals surface area (Å²) >= 11 is 0. The van der Waals surface area contributed by atoms with Crippen LogP contribution in [0.2, 0.25) is 0 Å². The molecule has 0 saturated heterocycles. The van der Waals surface area contributed by atoms with Crippen LogP contribution in [0.15, 0.2) is 34.9 Å². The van der Waals surface area contributed by atoms with Crippen LogP contribution in [-0.4, -0.2) is 22.0 Å². The van der Waals surface area contributed by atoms with Crippen LogP contribution in [0.4, 0.5) is 5.69 Å². The zero-order valence-corrected chi connectivity index (χ0v) is 12.3. The van der Waals surface area contributed by atoms with Gasteiger partial charge >= 0.3 is 5.97 Å². The number of amides is 1. The van der Waals surface area contributed by atoms with Gasteiger partial charge in [0.25, 0.3) is 0 Å². The van der Waals surface area contributed by atoms with Gasteiger partial charge in [0.15, 0.2) is 0 Å². The van der Waals surface area contributed by atoms with E-state index in [1.54, 1.807) is 18.4 Å². The molecule has 0 bridgehead atoms. The second-order valence-corrected chi connectivity index (χ2v) is 5.02. The first-order chi connectivity index (χ1) is 10.5. The van der Waals surface area contributed by atoms with Crippen molar-refractivity contribution in [1.82, 2.24) is 4.98 Å². The zero-order valence-electron chi connectivity index (χ0n) is 12.3. The molecule has 0 radical (unpaired) electrons. The first-order valence-corrected chi connectivity index (χ1v) is 7.09. The third-order valence-electron chi connectivity index (χ3n) is 3.06. The highest BCUT2D eigenvalue weighted by atomic mass is 16.4. The van der Waals surface area contributed by atoms with Crippen LogP contribution < -0.4 is 5.32 Å². The van der Waals surface area contributed by atoms with Gasteiger partial charge in [-0.1, -0.05) is 6.07 Å². The van der Waals surface area contributed by atoms with E-state index in [2.05, 4.69) is 10.3 Å². The average molecular weight is 302 g/mol. The highest BCUT2D eigenvalue weighted by Crippen LogP contribution is 2.22. The fourth-order valence-electron chi connectivity index (χ4n) is 2.00. The fourth-order valence-corrected chi connectivity index (χ4v) is 2.00. The van der Waals surface area contributed by atoms with E-state index < -0.39 is 5.97 Å². The average Bonchev–Trinajstić information content (AvgIpc) is 2.90. The summed E-state index contributed by atoms with van der Waals surface area (Å²) in [7, 11) is 0. The number of anilines is 1. The number of hydrogen-bond donors (Lipinski definition) is 2. The van der Waals surface area contributed by atoms with Gasteiger partial charge in [-0.3, -0.25) is 9.59 Å². The van der Waals surface area contributed by atoms with Crippen molar-refractivity contribution in [3.8, 4) is 11.5 Å². The van der Waals surface area contributed by atoms with E-state index in [0.29, 0.717) is 30.8 Å². The molecule has 0 fully saturated rings. The number of aliphatic carboxylic acids is 1. The minimum absolute atomic E-state index is 0.0896. The number of nitrogens with one attached hydrogen (secondary N) is 1.